The number of nitro groups is 1. The fourth-order valence-corrected chi connectivity index (χ4v) is 2.58. The highest BCUT2D eigenvalue weighted by Crippen LogP contribution is 2.23. The Hall–Kier alpha value is -1.42. The normalized spacial score (nSPS) is 13.9. The zero-order valence-corrected chi connectivity index (χ0v) is 13.7. The molecule has 2 unspecified atom stereocenters. The van der Waals surface area contributed by atoms with Crippen molar-refractivity contribution in [1.29, 1.82) is 0 Å². The Morgan fingerprint density at radius 1 is 1.24 bits per heavy atom. The summed E-state index contributed by atoms with van der Waals surface area (Å²) < 4.78 is 0. The summed E-state index contributed by atoms with van der Waals surface area (Å²) in [6.45, 7) is 8.24. The van der Waals surface area contributed by atoms with Crippen molar-refractivity contribution in [1.82, 2.24) is 5.32 Å². The third-order valence-electron chi connectivity index (χ3n) is 3.96. The van der Waals surface area contributed by atoms with Crippen molar-refractivity contribution in [3.05, 3.63) is 39.4 Å². The van der Waals surface area contributed by atoms with E-state index in [2.05, 4.69) is 26.1 Å². The molecule has 1 N–H and O–H groups in total. The van der Waals surface area contributed by atoms with E-state index in [0.29, 0.717) is 11.6 Å². The van der Waals surface area contributed by atoms with Gasteiger partial charge in [-0.15, -0.1) is 0 Å². The fourth-order valence-electron chi connectivity index (χ4n) is 2.58. The molecule has 0 aliphatic rings. The highest BCUT2D eigenvalue weighted by atomic mass is 16.6. The van der Waals surface area contributed by atoms with E-state index in [1.54, 1.807) is 13.0 Å². The predicted molar refractivity (Wildman–Crippen MR) is 87.6 cm³/mol. The SMILES string of the molecule is CCCCCCC(C)NC(C)c1ccc(C)c([N+](=O)[O-])c1. The minimum atomic E-state index is -0.306. The lowest BCUT2D eigenvalue weighted by molar-refractivity contribution is -0.385. The second kappa shape index (κ2) is 8.78. The van der Waals surface area contributed by atoms with Crippen molar-refractivity contribution in [2.24, 2.45) is 0 Å². The van der Waals surface area contributed by atoms with Gasteiger partial charge in [0.2, 0.25) is 0 Å². The molecule has 0 radical (unpaired) electrons. The molecule has 1 aromatic carbocycles. The summed E-state index contributed by atoms with van der Waals surface area (Å²) in [5, 5.41) is 14.5. The second-order valence-corrected chi connectivity index (χ2v) is 5.94. The highest BCUT2D eigenvalue weighted by Gasteiger charge is 2.15. The lowest BCUT2D eigenvalue weighted by Crippen LogP contribution is -2.28. The average molecular weight is 292 g/mol. The largest absolute Gasteiger partial charge is 0.308 e. The van der Waals surface area contributed by atoms with Crippen LogP contribution in [-0.2, 0) is 0 Å². The molecule has 0 aromatic heterocycles. The maximum absolute atomic E-state index is 11.0. The quantitative estimate of drug-likeness (QED) is 0.399. The summed E-state index contributed by atoms with van der Waals surface area (Å²) in [5.74, 6) is 0. The van der Waals surface area contributed by atoms with E-state index >= 15 is 0 Å². The van der Waals surface area contributed by atoms with Crippen LogP contribution in [0.2, 0.25) is 0 Å². The molecule has 1 aromatic rings. The van der Waals surface area contributed by atoms with E-state index in [4.69, 9.17) is 0 Å². The lowest BCUT2D eigenvalue weighted by atomic mass is 10.0. The minimum absolute atomic E-state index is 0.130. The predicted octanol–water partition coefficient (Wildman–Crippen LogP) is 4.91. The molecule has 0 aliphatic carbocycles. The third kappa shape index (κ3) is 5.84. The molecule has 4 nitrogen and oxygen atoms in total. The lowest BCUT2D eigenvalue weighted by Gasteiger charge is -2.20. The number of hydrogen-bond acceptors (Lipinski definition) is 3. The summed E-state index contributed by atoms with van der Waals surface area (Å²) >= 11 is 0. The van der Waals surface area contributed by atoms with Crippen LogP contribution in [0.3, 0.4) is 0 Å². The van der Waals surface area contributed by atoms with Gasteiger partial charge in [0.1, 0.15) is 0 Å². The van der Waals surface area contributed by atoms with Gasteiger partial charge in [-0.1, -0.05) is 44.7 Å². The van der Waals surface area contributed by atoms with Gasteiger partial charge < -0.3 is 5.32 Å². The van der Waals surface area contributed by atoms with Crippen LogP contribution in [0.25, 0.3) is 0 Å². The number of benzene rings is 1. The second-order valence-electron chi connectivity index (χ2n) is 5.94. The maximum atomic E-state index is 11.0. The van der Waals surface area contributed by atoms with Crippen LogP contribution in [0.15, 0.2) is 18.2 Å². The Morgan fingerprint density at radius 3 is 2.57 bits per heavy atom. The highest BCUT2D eigenvalue weighted by molar-refractivity contribution is 5.43. The van der Waals surface area contributed by atoms with Gasteiger partial charge >= 0.3 is 0 Å². The van der Waals surface area contributed by atoms with Gasteiger partial charge in [0, 0.05) is 23.7 Å². The van der Waals surface area contributed by atoms with Crippen LogP contribution in [0.4, 0.5) is 5.69 Å². The van der Waals surface area contributed by atoms with Crippen molar-refractivity contribution in [3.8, 4) is 0 Å². The zero-order chi connectivity index (χ0) is 15.8. The Balaban J connectivity index is 2.57. The Labute approximate surface area is 128 Å². The molecule has 0 heterocycles. The van der Waals surface area contributed by atoms with Crippen LogP contribution in [-0.4, -0.2) is 11.0 Å². The van der Waals surface area contributed by atoms with Crippen LogP contribution >= 0.6 is 0 Å². The number of hydrogen-bond donors (Lipinski definition) is 1. The molecule has 0 spiro atoms. The molecule has 0 fully saturated rings. The van der Waals surface area contributed by atoms with Crippen LogP contribution < -0.4 is 5.32 Å². The maximum Gasteiger partial charge on any atom is 0.272 e. The molecule has 0 aliphatic heterocycles. The summed E-state index contributed by atoms with van der Waals surface area (Å²) in [6, 6.07) is 6.06. The number of nitrogens with zero attached hydrogens (tertiary/aromatic N) is 1. The Bertz CT molecular complexity index is 460. The first kappa shape index (κ1) is 17.6. The van der Waals surface area contributed by atoms with Gasteiger partial charge in [-0.2, -0.15) is 0 Å². The van der Waals surface area contributed by atoms with Crippen molar-refractivity contribution in [3.63, 3.8) is 0 Å². The summed E-state index contributed by atoms with van der Waals surface area (Å²) in [6.07, 6.45) is 6.23. The van der Waals surface area contributed by atoms with E-state index in [0.717, 1.165) is 12.0 Å². The average Bonchev–Trinajstić information content (AvgIpc) is 2.43. The minimum Gasteiger partial charge on any atom is -0.308 e. The zero-order valence-electron chi connectivity index (χ0n) is 13.7. The smallest absolute Gasteiger partial charge is 0.272 e. The van der Waals surface area contributed by atoms with E-state index in [1.165, 1.54) is 25.7 Å². The van der Waals surface area contributed by atoms with Crippen molar-refractivity contribution >= 4 is 5.69 Å². The first-order valence-electron chi connectivity index (χ1n) is 7.96. The molecule has 118 valence electrons. The molecule has 0 saturated heterocycles. The van der Waals surface area contributed by atoms with Gasteiger partial charge in [-0.3, -0.25) is 10.1 Å². The van der Waals surface area contributed by atoms with Crippen molar-refractivity contribution in [2.45, 2.75) is 71.9 Å². The monoisotopic (exact) mass is 292 g/mol. The van der Waals surface area contributed by atoms with Gasteiger partial charge in [0.25, 0.3) is 5.69 Å². The van der Waals surface area contributed by atoms with Crippen LogP contribution in [0.1, 0.15) is 70.0 Å². The summed E-state index contributed by atoms with van der Waals surface area (Å²) in [7, 11) is 0. The molecule has 0 amide bonds. The van der Waals surface area contributed by atoms with E-state index in [1.807, 2.05) is 12.1 Å². The van der Waals surface area contributed by atoms with Crippen LogP contribution in [0, 0.1) is 17.0 Å². The molecule has 21 heavy (non-hydrogen) atoms. The molecule has 2 atom stereocenters. The Kier molecular flexibility index (Phi) is 7.37. The first-order chi connectivity index (χ1) is 9.95. The first-order valence-corrected chi connectivity index (χ1v) is 7.96. The van der Waals surface area contributed by atoms with Crippen LogP contribution in [0.5, 0.6) is 0 Å². The van der Waals surface area contributed by atoms with Crippen molar-refractivity contribution in [2.75, 3.05) is 0 Å². The molecule has 0 saturated carbocycles. The fraction of sp³-hybridized carbons (Fsp3) is 0.647. The Morgan fingerprint density at radius 2 is 1.95 bits per heavy atom. The number of aryl methyl sites for hydroxylation is 1. The molecular weight excluding hydrogens is 264 g/mol. The summed E-state index contributed by atoms with van der Waals surface area (Å²) in [5.41, 5.74) is 1.90. The van der Waals surface area contributed by atoms with E-state index in [9.17, 15) is 10.1 Å². The molecule has 4 heteroatoms. The number of rotatable bonds is 9. The molecule has 1 rings (SSSR count). The van der Waals surface area contributed by atoms with Gasteiger partial charge in [0.15, 0.2) is 0 Å². The third-order valence-corrected chi connectivity index (χ3v) is 3.96. The number of nitrogens with one attached hydrogen (secondary N) is 1. The summed E-state index contributed by atoms with van der Waals surface area (Å²) in [4.78, 5) is 10.7. The molecule has 0 bridgehead atoms. The number of nitro benzene ring substituents is 1. The van der Waals surface area contributed by atoms with E-state index in [-0.39, 0.29) is 16.7 Å². The molecular formula is C17H28N2O2. The van der Waals surface area contributed by atoms with E-state index < -0.39 is 0 Å². The number of unbranched alkanes of at least 4 members (excludes halogenated alkanes) is 3. The topological polar surface area (TPSA) is 55.2 Å². The van der Waals surface area contributed by atoms with Gasteiger partial charge in [0.05, 0.1) is 4.92 Å². The van der Waals surface area contributed by atoms with Crippen molar-refractivity contribution < 1.29 is 4.92 Å². The van der Waals surface area contributed by atoms with Gasteiger partial charge in [-0.25, -0.2) is 0 Å². The standard InChI is InChI=1S/C17H28N2O2/c1-5-6-7-8-9-14(3)18-15(4)16-11-10-13(2)17(12-16)19(20)21/h10-12,14-15,18H,5-9H2,1-4H3. The van der Waals surface area contributed by atoms with Gasteiger partial charge in [-0.05, 0) is 32.8 Å².